The average Bonchev–Trinajstić information content (AvgIpc) is 2.05. The molecule has 3 aliphatic rings. The van der Waals surface area contributed by atoms with Crippen LogP contribution < -0.4 is 5.73 Å². The summed E-state index contributed by atoms with van der Waals surface area (Å²) >= 11 is 0. The SMILES string of the molecule is NC1(C(=O)O)CN2CCC1CC2. The van der Waals surface area contributed by atoms with Crippen LogP contribution in [-0.4, -0.2) is 41.1 Å². The molecule has 4 heteroatoms. The zero-order chi connectivity index (χ0) is 8.77. The van der Waals surface area contributed by atoms with Gasteiger partial charge >= 0.3 is 5.97 Å². The van der Waals surface area contributed by atoms with Crippen molar-refractivity contribution in [3.05, 3.63) is 0 Å². The van der Waals surface area contributed by atoms with E-state index in [1.54, 1.807) is 0 Å². The van der Waals surface area contributed by atoms with Gasteiger partial charge in [0.15, 0.2) is 0 Å². The highest BCUT2D eigenvalue weighted by atomic mass is 16.4. The van der Waals surface area contributed by atoms with Gasteiger partial charge < -0.3 is 15.7 Å². The fraction of sp³-hybridized carbons (Fsp3) is 0.875. The Balaban J connectivity index is 2.22. The van der Waals surface area contributed by atoms with Crippen LogP contribution in [0.3, 0.4) is 0 Å². The Hall–Kier alpha value is -0.610. The van der Waals surface area contributed by atoms with Crippen LogP contribution in [0.5, 0.6) is 0 Å². The molecule has 0 aliphatic carbocycles. The highest BCUT2D eigenvalue weighted by Gasteiger charge is 2.49. The first-order valence-electron chi connectivity index (χ1n) is 4.37. The Morgan fingerprint density at radius 3 is 2.33 bits per heavy atom. The van der Waals surface area contributed by atoms with E-state index in [1.807, 2.05) is 0 Å². The van der Waals surface area contributed by atoms with Crippen molar-refractivity contribution in [3.8, 4) is 0 Å². The van der Waals surface area contributed by atoms with Gasteiger partial charge in [0.2, 0.25) is 0 Å². The van der Waals surface area contributed by atoms with E-state index in [4.69, 9.17) is 10.8 Å². The summed E-state index contributed by atoms with van der Waals surface area (Å²) in [5.41, 5.74) is 4.88. The molecule has 4 nitrogen and oxygen atoms in total. The molecule has 3 N–H and O–H groups in total. The van der Waals surface area contributed by atoms with Crippen LogP contribution in [-0.2, 0) is 4.79 Å². The fourth-order valence-electron chi connectivity index (χ4n) is 2.35. The van der Waals surface area contributed by atoms with Crippen LogP contribution in [0.15, 0.2) is 0 Å². The zero-order valence-electron chi connectivity index (χ0n) is 6.99. The standard InChI is InChI=1S/C8H14N2O2/c9-8(7(11)12)5-10-3-1-6(8)2-4-10/h6H,1-5,9H2,(H,11,12). The molecule has 12 heavy (non-hydrogen) atoms. The van der Waals surface area contributed by atoms with Gasteiger partial charge in [-0.25, -0.2) is 0 Å². The summed E-state index contributed by atoms with van der Waals surface area (Å²) in [7, 11) is 0. The highest BCUT2D eigenvalue weighted by molar-refractivity contribution is 5.79. The van der Waals surface area contributed by atoms with E-state index in [0.717, 1.165) is 25.9 Å². The summed E-state index contributed by atoms with van der Waals surface area (Å²) in [4.78, 5) is 13.1. The predicted molar refractivity (Wildman–Crippen MR) is 43.7 cm³/mol. The second kappa shape index (κ2) is 2.44. The number of nitrogens with two attached hydrogens (primary N) is 1. The van der Waals surface area contributed by atoms with Gasteiger partial charge in [0, 0.05) is 6.54 Å². The number of piperidine rings is 3. The maximum Gasteiger partial charge on any atom is 0.325 e. The van der Waals surface area contributed by atoms with Gasteiger partial charge in [0.25, 0.3) is 0 Å². The van der Waals surface area contributed by atoms with Crippen molar-refractivity contribution in [1.29, 1.82) is 0 Å². The lowest BCUT2D eigenvalue weighted by Crippen LogP contribution is -2.67. The number of carboxylic acids is 1. The first-order valence-corrected chi connectivity index (χ1v) is 4.37. The molecule has 3 heterocycles. The summed E-state index contributed by atoms with van der Waals surface area (Å²) in [5.74, 6) is -0.642. The number of fused-ring (bicyclic) bond motifs is 3. The minimum Gasteiger partial charge on any atom is -0.480 e. The topological polar surface area (TPSA) is 66.6 Å². The Morgan fingerprint density at radius 2 is 2.08 bits per heavy atom. The lowest BCUT2D eigenvalue weighted by Gasteiger charge is -2.48. The second-order valence-corrected chi connectivity index (χ2v) is 3.90. The first-order chi connectivity index (χ1) is 5.63. The summed E-state index contributed by atoms with van der Waals surface area (Å²) in [6.07, 6.45) is 1.89. The van der Waals surface area contributed by atoms with E-state index in [2.05, 4.69) is 4.90 Å². The zero-order valence-corrected chi connectivity index (χ0v) is 6.99. The van der Waals surface area contributed by atoms with E-state index >= 15 is 0 Å². The smallest absolute Gasteiger partial charge is 0.325 e. The molecule has 0 radical (unpaired) electrons. The van der Waals surface area contributed by atoms with Crippen LogP contribution >= 0.6 is 0 Å². The van der Waals surface area contributed by atoms with Gasteiger partial charge in [0.1, 0.15) is 5.54 Å². The maximum absolute atomic E-state index is 10.9. The number of rotatable bonds is 1. The monoisotopic (exact) mass is 170 g/mol. The first kappa shape index (κ1) is 8.01. The van der Waals surface area contributed by atoms with Crippen molar-refractivity contribution in [1.82, 2.24) is 4.90 Å². The second-order valence-electron chi connectivity index (χ2n) is 3.90. The lowest BCUT2D eigenvalue weighted by molar-refractivity contribution is -0.151. The normalized spacial score (nSPS) is 46.1. The summed E-state index contributed by atoms with van der Waals surface area (Å²) in [6, 6.07) is 0. The van der Waals surface area contributed by atoms with Crippen LogP contribution in [0.1, 0.15) is 12.8 Å². The summed E-state index contributed by atoms with van der Waals surface area (Å²) < 4.78 is 0. The molecule has 0 spiro atoms. The van der Waals surface area contributed by atoms with Crippen molar-refractivity contribution in [3.63, 3.8) is 0 Å². The van der Waals surface area contributed by atoms with Crippen LogP contribution in [0.4, 0.5) is 0 Å². The Bertz CT molecular complexity index is 211. The van der Waals surface area contributed by atoms with Crippen molar-refractivity contribution in [2.24, 2.45) is 11.7 Å². The van der Waals surface area contributed by atoms with Gasteiger partial charge in [-0.1, -0.05) is 0 Å². The lowest BCUT2D eigenvalue weighted by atomic mass is 9.73. The average molecular weight is 170 g/mol. The molecular weight excluding hydrogens is 156 g/mol. The number of aliphatic carboxylic acids is 1. The Labute approximate surface area is 71.3 Å². The van der Waals surface area contributed by atoms with Crippen LogP contribution in [0.25, 0.3) is 0 Å². The molecule has 1 unspecified atom stereocenters. The maximum atomic E-state index is 10.9. The third-order valence-electron chi connectivity index (χ3n) is 3.20. The van der Waals surface area contributed by atoms with Crippen molar-refractivity contribution >= 4 is 5.97 Å². The van der Waals surface area contributed by atoms with Crippen molar-refractivity contribution in [2.45, 2.75) is 18.4 Å². The van der Waals surface area contributed by atoms with Crippen molar-refractivity contribution in [2.75, 3.05) is 19.6 Å². The minimum atomic E-state index is -0.962. The van der Waals surface area contributed by atoms with Gasteiger partial charge in [-0.3, -0.25) is 4.79 Å². The fourth-order valence-corrected chi connectivity index (χ4v) is 2.35. The van der Waals surface area contributed by atoms with Crippen molar-refractivity contribution < 1.29 is 9.90 Å². The number of hydrogen-bond donors (Lipinski definition) is 2. The summed E-state index contributed by atoms with van der Waals surface area (Å²) in [5, 5.41) is 8.97. The van der Waals surface area contributed by atoms with Crippen LogP contribution in [0.2, 0.25) is 0 Å². The molecule has 68 valence electrons. The molecule has 2 bridgehead atoms. The van der Waals surface area contributed by atoms with E-state index in [9.17, 15) is 4.79 Å². The van der Waals surface area contributed by atoms with Gasteiger partial charge in [-0.2, -0.15) is 0 Å². The molecule has 3 saturated heterocycles. The van der Waals surface area contributed by atoms with E-state index in [-0.39, 0.29) is 5.92 Å². The van der Waals surface area contributed by atoms with Crippen LogP contribution in [0, 0.1) is 5.92 Å². The molecule has 0 aromatic carbocycles. The number of carboxylic acid groups (broad SMARTS) is 1. The number of hydrogen-bond acceptors (Lipinski definition) is 3. The predicted octanol–water partition coefficient (Wildman–Crippen LogP) is -0.506. The molecule has 0 aromatic heterocycles. The largest absolute Gasteiger partial charge is 0.480 e. The Kier molecular flexibility index (Phi) is 1.63. The third-order valence-corrected chi connectivity index (χ3v) is 3.20. The van der Waals surface area contributed by atoms with E-state index < -0.39 is 11.5 Å². The molecule has 3 fully saturated rings. The van der Waals surface area contributed by atoms with E-state index in [0.29, 0.717) is 6.54 Å². The van der Waals surface area contributed by atoms with Gasteiger partial charge in [-0.05, 0) is 31.8 Å². The third kappa shape index (κ3) is 0.949. The quantitative estimate of drug-likeness (QED) is 0.556. The van der Waals surface area contributed by atoms with E-state index in [1.165, 1.54) is 0 Å². The minimum absolute atomic E-state index is 0.194. The van der Waals surface area contributed by atoms with Gasteiger partial charge in [0.05, 0.1) is 0 Å². The molecule has 3 rings (SSSR count). The number of nitrogens with zero attached hydrogens (tertiary/aromatic N) is 1. The Morgan fingerprint density at radius 1 is 1.50 bits per heavy atom. The molecule has 3 aliphatic heterocycles. The van der Waals surface area contributed by atoms with Gasteiger partial charge in [-0.15, -0.1) is 0 Å². The molecule has 0 saturated carbocycles. The molecular formula is C8H14N2O2. The molecule has 1 atom stereocenters. The summed E-state index contributed by atoms with van der Waals surface area (Å²) in [6.45, 7) is 2.58. The highest BCUT2D eigenvalue weighted by Crippen LogP contribution is 2.33. The number of carbonyl (C=O) groups is 1. The molecule has 0 aromatic rings. The molecule has 0 amide bonds.